The van der Waals surface area contributed by atoms with Gasteiger partial charge in [-0.05, 0) is 46.8 Å². The highest BCUT2D eigenvalue weighted by atomic mass is 79.9. The van der Waals surface area contributed by atoms with E-state index in [1.54, 1.807) is 0 Å². The molecule has 16 heavy (non-hydrogen) atoms. The van der Waals surface area contributed by atoms with E-state index in [0.717, 1.165) is 22.6 Å². The van der Waals surface area contributed by atoms with Crippen LogP contribution >= 0.6 is 15.9 Å². The second-order valence-electron chi connectivity index (χ2n) is 4.08. The molecule has 0 unspecified atom stereocenters. The van der Waals surface area contributed by atoms with Crippen LogP contribution in [0.4, 0.5) is 5.69 Å². The zero-order chi connectivity index (χ0) is 11.4. The lowest BCUT2D eigenvalue weighted by Crippen LogP contribution is -2.31. The minimum atomic E-state index is 0.0580. The molecule has 1 saturated carbocycles. The van der Waals surface area contributed by atoms with Gasteiger partial charge in [0.1, 0.15) is 0 Å². The van der Waals surface area contributed by atoms with Crippen LogP contribution in [0, 0.1) is 5.92 Å². The first-order chi connectivity index (χ1) is 7.75. The van der Waals surface area contributed by atoms with Gasteiger partial charge < -0.3 is 10.6 Å². The molecule has 1 aromatic rings. The summed E-state index contributed by atoms with van der Waals surface area (Å²) in [6.45, 7) is 1.16. The molecule has 0 bridgehead atoms. The van der Waals surface area contributed by atoms with Gasteiger partial charge in [0.25, 0.3) is 0 Å². The molecular weight excluding hydrogens is 268 g/mol. The zero-order valence-corrected chi connectivity index (χ0v) is 10.6. The number of benzene rings is 1. The van der Waals surface area contributed by atoms with Gasteiger partial charge in [-0.3, -0.25) is 4.79 Å². The normalized spacial score (nSPS) is 14.6. The lowest BCUT2D eigenvalue weighted by atomic mass is 10.3. The Kier molecular flexibility index (Phi) is 3.83. The van der Waals surface area contributed by atoms with Crippen LogP contribution in [0.1, 0.15) is 12.8 Å². The highest BCUT2D eigenvalue weighted by Gasteiger charge is 2.21. The van der Waals surface area contributed by atoms with Crippen LogP contribution in [-0.2, 0) is 4.79 Å². The van der Waals surface area contributed by atoms with E-state index in [0.29, 0.717) is 6.54 Å². The second kappa shape index (κ2) is 5.34. The van der Waals surface area contributed by atoms with Crippen LogP contribution in [0.2, 0.25) is 0 Å². The molecule has 0 spiro atoms. The summed E-state index contributed by atoms with van der Waals surface area (Å²) in [4.78, 5) is 11.5. The van der Waals surface area contributed by atoms with Gasteiger partial charge in [-0.2, -0.15) is 0 Å². The molecule has 0 radical (unpaired) electrons. The summed E-state index contributed by atoms with van der Waals surface area (Å²) in [6, 6.07) is 7.78. The van der Waals surface area contributed by atoms with E-state index in [2.05, 4.69) is 26.6 Å². The molecule has 1 aromatic carbocycles. The molecule has 4 heteroatoms. The lowest BCUT2D eigenvalue weighted by Gasteiger charge is -2.08. The average Bonchev–Trinajstić information content (AvgIpc) is 3.09. The average molecular weight is 283 g/mol. The number of nitrogens with one attached hydrogen (secondary N) is 2. The van der Waals surface area contributed by atoms with E-state index in [9.17, 15) is 4.79 Å². The monoisotopic (exact) mass is 282 g/mol. The number of hydrogen-bond donors (Lipinski definition) is 2. The Morgan fingerprint density at radius 2 is 2.12 bits per heavy atom. The highest BCUT2D eigenvalue weighted by molar-refractivity contribution is 9.10. The topological polar surface area (TPSA) is 41.1 Å². The van der Waals surface area contributed by atoms with E-state index in [-0.39, 0.29) is 5.91 Å². The van der Waals surface area contributed by atoms with Gasteiger partial charge in [0.2, 0.25) is 5.91 Å². The van der Waals surface area contributed by atoms with E-state index in [1.165, 1.54) is 12.8 Å². The van der Waals surface area contributed by atoms with Gasteiger partial charge in [-0.1, -0.05) is 12.1 Å². The third-order valence-electron chi connectivity index (χ3n) is 2.60. The summed E-state index contributed by atoms with van der Waals surface area (Å²) in [6.07, 6.45) is 2.52. The Balaban J connectivity index is 1.73. The molecule has 1 amide bonds. The number of anilines is 1. The molecule has 0 atom stereocenters. The first kappa shape index (κ1) is 11.5. The van der Waals surface area contributed by atoms with E-state index in [1.807, 2.05) is 24.3 Å². The van der Waals surface area contributed by atoms with Crippen molar-refractivity contribution in [3.63, 3.8) is 0 Å². The Hall–Kier alpha value is -1.03. The van der Waals surface area contributed by atoms with Gasteiger partial charge in [0.05, 0.1) is 6.54 Å². The molecule has 0 aromatic heterocycles. The number of amides is 1. The summed E-state index contributed by atoms with van der Waals surface area (Å²) in [7, 11) is 0. The minimum absolute atomic E-state index is 0.0580. The van der Waals surface area contributed by atoms with Crippen molar-refractivity contribution in [3.05, 3.63) is 28.7 Å². The predicted molar refractivity (Wildman–Crippen MR) is 68.4 cm³/mol. The van der Waals surface area contributed by atoms with Crippen molar-refractivity contribution in [3.8, 4) is 0 Å². The third kappa shape index (κ3) is 3.52. The lowest BCUT2D eigenvalue weighted by molar-refractivity contribution is -0.119. The maximum absolute atomic E-state index is 11.5. The van der Waals surface area contributed by atoms with Gasteiger partial charge >= 0.3 is 0 Å². The number of hydrogen-bond acceptors (Lipinski definition) is 2. The van der Waals surface area contributed by atoms with Crippen molar-refractivity contribution >= 4 is 27.5 Å². The zero-order valence-electron chi connectivity index (χ0n) is 9.00. The number of rotatable bonds is 5. The van der Waals surface area contributed by atoms with Crippen LogP contribution in [0.3, 0.4) is 0 Å². The minimum Gasteiger partial charge on any atom is -0.375 e. The largest absolute Gasteiger partial charge is 0.375 e. The molecule has 2 rings (SSSR count). The van der Waals surface area contributed by atoms with Crippen molar-refractivity contribution < 1.29 is 4.79 Å². The fourth-order valence-electron chi connectivity index (χ4n) is 1.42. The quantitative estimate of drug-likeness (QED) is 0.871. The highest BCUT2D eigenvalue weighted by Crippen LogP contribution is 2.27. The van der Waals surface area contributed by atoms with Gasteiger partial charge in [-0.25, -0.2) is 0 Å². The second-order valence-corrected chi connectivity index (χ2v) is 4.94. The Labute approximate surface area is 104 Å². The molecule has 0 aliphatic heterocycles. The first-order valence-corrected chi connectivity index (χ1v) is 6.30. The number of carbonyl (C=O) groups excluding carboxylic acids is 1. The van der Waals surface area contributed by atoms with Crippen molar-refractivity contribution in [2.24, 2.45) is 5.92 Å². The maximum atomic E-state index is 11.5. The van der Waals surface area contributed by atoms with E-state index in [4.69, 9.17) is 0 Å². The standard InChI is InChI=1S/C12H15BrN2O/c13-10-3-1-2-4-11(10)14-8-12(16)15-7-9-5-6-9/h1-4,9,14H,5-8H2,(H,15,16). The molecule has 1 fully saturated rings. The molecule has 3 nitrogen and oxygen atoms in total. The van der Waals surface area contributed by atoms with Gasteiger partial charge in [-0.15, -0.1) is 0 Å². The summed E-state index contributed by atoms with van der Waals surface area (Å²) < 4.78 is 0.977. The summed E-state index contributed by atoms with van der Waals surface area (Å²) >= 11 is 3.42. The van der Waals surface area contributed by atoms with Gasteiger partial charge in [0.15, 0.2) is 0 Å². The molecular formula is C12H15BrN2O. The molecule has 2 N–H and O–H groups in total. The first-order valence-electron chi connectivity index (χ1n) is 5.51. The van der Waals surface area contributed by atoms with E-state index >= 15 is 0 Å². The molecule has 1 aliphatic rings. The van der Waals surface area contributed by atoms with Crippen LogP contribution in [-0.4, -0.2) is 19.0 Å². The van der Waals surface area contributed by atoms with Crippen LogP contribution in [0.15, 0.2) is 28.7 Å². The fraction of sp³-hybridized carbons (Fsp3) is 0.417. The Morgan fingerprint density at radius 3 is 2.81 bits per heavy atom. The summed E-state index contributed by atoms with van der Waals surface area (Å²) in [5.74, 6) is 0.787. The third-order valence-corrected chi connectivity index (χ3v) is 3.29. The SMILES string of the molecule is O=C(CNc1ccccc1Br)NCC1CC1. The molecule has 0 saturated heterocycles. The predicted octanol–water partition coefficient (Wildman–Crippen LogP) is 2.39. The van der Waals surface area contributed by atoms with Crippen LogP contribution in [0.5, 0.6) is 0 Å². The van der Waals surface area contributed by atoms with Crippen LogP contribution in [0.25, 0.3) is 0 Å². The summed E-state index contributed by atoms with van der Waals surface area (Å²) in [5.41, 5.74) is 0.948. The number of halogens is 1. The number of para-hydroxylation sites is 1. The fourth-order valence-corrected chi connectivity index (χ4v) is 1.85. The molecule has 0 heterocycles. The van der Waals surface area contributed by atoms with E-state index < -0.39 is 0 Å². The van der Waals surface area contributed by atoms with Crippen molar-refractivity contribution in [2.45, 2.75) is 12.8 Å². The smallest absolute Gasteiger partial charge is 0.239 e. The van der Waals surface area contributed by atoms with Crippen LogP contribution < -0.4 is 10.6 Å². The Morgan fingerprint density at radius 1 is 1.38 bits per heavy atom. The molecule has 1 aliphatic carbocycles. The maximum Gasteiger partial charge on any atom is 0.239 e. The summed E-state index contributed by atoms with van der Waals surface area (Å²) in [5, 5.41) is 6.02. The van der Waals surface area contributed by atoms with Crippen molar-refractivity contribution in [2.75, 3.05) is 18.4 Å². The van der Waals surface area contributed by atoms with Crippen molar-refractivity contribution in [1.29, 1.82) is 0 Å². The number of carbonyl (C=O) groups is 1. The Bertz CT molecular complexity index is 377. The van der Waals surface area contributed by atoms with Gasteiger partial charge in [0, 0.05) is 16.7 Å². The van der Waals surface area contributed by atoms with Crippen molar-refractivity contribution in [1.82, 2.24) is 5.32 Å². The molecule has 86 valence electrons.